The number of halogens is 1. The van der Waals surface area contributed by atoms with Crippen LogP contribution >= 0.6 is 23.8 Å². The van der Waals surface area contributed by atoms with Crippen LogP contribution in [0.1, 0.15) is 13.3 Å². The van der Waals surface area contributed by atoms with Gasteiger partial charge in [0.05, 0.1) is 40.0 Å². The molecule has 2 aliphatic heterocycles. The molecule has 2 N–H and O–H groups in total. The molecule has 116 valence electrons. The smallest absolute Gasteiger partial charge is 0.167 e. The average Bonchev–Trinajstić information content (AvgIpc) is 2.63. The van der Waals surface area contributed by atoms with Gasteiger partial charge in [0.25, 0.3) is 0 Å². The lowest BCUT2D eigenvalue weighted by atomic mass is 10.0. The molecule has 2 heterocycles. The number of sulfone groups is 2. The highest BCUT2D eigenvalue weighted by Crippen LogP contribution is 2.23. The van der Waals surface area contributed by atoms with Crippen LogP contribution in [0.4, 0.5) is 0 Å². The van der Waals surface area contributed by atoms with E-state index in [9.17, 15) is 16.8 Å². The van der Waals surface area contributed by atoms with Gasteiger partial charge in [-0.25, -0.2) is 16.8 Å². The van der Waals surface area contributed by atoms with Crippen LogP contribution in [-0.4, -0.2) is 61.9 Å². The van der Waals surface area contributed by atoms with Crippen LogP contribution in [0.5, 0.6) is 0 Å². The zero-order chi connectivity index (χ0) is 15.2. The number of thiocarbonyl (C=S) groups is 1. The first-order valence-corrected chi connectivity index (χ1v) is 10.6. The molecule has 0 aromatic rings. The minimum atomic E-state index is -3.13. The third kappa shape index (κ3) is 3.96. The van der Waals surface area contributed by atoms with E-state index in [4.69, 9.17) is 23.8 Å². The molecule has 0 radical (unpaired) electrons. The zero-order valence-electron chi connectivity index (χ0n) is 10.9. The lowest BCUT2D eigenvalue weighted by molar-refractivity contribution is 0.464. The summed E-state index contributed by atoms with van der Waals surface area (Å²) in [5.41, 5.74) is -0.609. The summed E-state index contributed by atoms with van der Waals surface area (Å²) in [5, 5.41) is 5.57. The molecule has 2 aliphatic rings. The van der Waals surface area contributed by atoms with Crippen molar-refractivity contribution in [1.82, 2.24) is 10.6 Å². The van der Waals surface area contributed by atoms with Gasteiger partial charge < -0.3 is 10.6 Å². The summed E-state index contributed by atoms with van der Waals surface area (Å²) in [7, 11) is -6.16. The number of hydrogen-bond donors (Lipinski definition) is 2. The molecule has 0 aliphatic carbocycles. The zero-order valence-corrected chi connectivity index (χ0v) is 14.1. The summed E-state index contributed by atoms with van der Waals surface area (Å²) in [5.74, 6) is 0.0304. The first-order chi connectivity index (χ1) is 9.00. The molecule has 0 bridgehead atoms. The van der Waals surface area contributed by atoms with Crippen molar-refractivity contribution in [3.8, 4) is 0 Å². The number of nitrogens with one attached hydrogen (secondary N) is 2. The maximum atomic E-state index is 11.5. The van der Waals surface area contributed by atoms with Crippen LogP contribution in [0.2, 0.25) is 0 Å². The average molecular weight is 361 g/mol. The highest BCUT2D eigenvalue weighted by Gasteiger charge is 2.40. The predicted molar refractivity (Wildman–Crippen MR) is 82.6 cm³/mol. The van der Waals surface area contributed by atoms with Gasteiger partial charge in [-0.3, -0.25) is 0 Å². The van der Waals surface area contributed by atoms with E-state index in [-0.39, 0.29) is 28.1 Å². The molecule has 3 atom stereocenters. The fraction of sp³-hybridized carbons (Fsp3) is 0.900. The van der Waals surface area contributed by atoms with Crippen molar-refractivity contribution in [2.45, 2.75) is 30.3 Å². The summed E-state index contributed by atoms with van der Waals surface area (Å²) in [4.78, 5) is 0. The number of rotatable bonds is 2. The van der Waals surface area contributed by atoms with Gasteiger partial charge in [0.15, 0.2) is 24.8 Å². The molecule has 2 saturated heterocycles. The van der Waals surface area contributed by atoms with Crippen LogP contribution < -0.4 is 10.6 Å². The van der Waals surface area contributed by atoms with Crippen LogP contribution in [0.3, 0.4) is 0 Å². The summed E-state index contributed by atoms with van der Waals surface area (Å²) < 4.78 is 45.9. The first-order valence-electron chi connectivity index (χ1n) is 6.14. The van der Waals surface area contributed by atoms with Crippen molar-refractivity contribution in [2.75, 3.05) is 23.0 Å². The molecule has 0 amide bonds. The van der Waals surface area contributed by atoms with Gasteiger partial charge >= 0.3 is 0 Å². The maximum absolute atomic E-state index is 11.5. The Kier molecular flexibility index (Phi) is 4.27. The summed E-state index contributed by atoms with van der Waals surface area (Å²) in [6, 6.07) is -0.441. The second-order valence-electron chi connectivity index (χ2n) is 5.70. The second-order valence-corrected chi connectivity index (χ2v) is 11.0. The highest BCUT2D eigenvalue weighted by atomic mass is 35.5. The Morgan fingerprint density at radius 3 is 2.35 bits per heavy atom. The van der Waals surface area contributed by atoms with Gasteiger partial charge in [0, 0.05) is 0 Å². The lowest BCUT2D eigenvalue weighted by Crippen LogP contribution is -2.54. The van der Waals surface area contributed by atoms with Gasteiger partial charge in [0.1, 0.15) is 0 Å². The van der Waals surface area contributed by atoms with Crippen molar-refractivity contribution < 1.29 is 16.8 Å². The van der Waals surface area contributed by atoms with Crippen LogP contribution in [-0.2, 0) is 19.7 Å². The van der Waals surface area contributed by atoms with Gasteiger partial charge in [0.2, 0.25) is 0 Å². The van der Waals surface area contributed by atoms with Crippen molar-refractivity contribution in [3.63, 3.8) is 0 Å². The fourth-order valence-corrected chi connectivity index (χ4v) is 7.57. The molecule has 3 unspecified atom stereocenters. The summed E-state index contributed by atoms with van der Waals surface area (Å²) in [6.45, 7) is 1.79. The highest BCUT2D eigenvalue weighted by molar-refractivity contribution is 7.92. The number of hydrogen-bond acceptors (Lipinski definition) is 5. The van der Waals surface area contributed by atoms with Crippen LogP contribution in [0, 0.1) is 0 Å². The predicted octanol–water partition coefficient (Wildman–Crippen LogP) is -0.568. The molecule has 0 saturated carbocycles. The van der Waals surface area contributed by atoms with E-state index >= 15 is 0 Å². The quantitative estimate of drug-likeness (QED) is 0.503. The van der Waals surface area contributed by atoms with E-state index < -0.39 is 36.6 Å². The van der Waals surface area contributed by atoms with E-state index in [0.29, 0.717) is 6.42 Å². The van der Waals surface area contributed by atoms with Crippen molar-refractivity contribution in [2.24, 2.45) is 0 Å². The molecule has 6 nitrogen and oxygen atoms in total. The summed E-state index contributed by atoms with van der Waals surface area (Å²) in [6.07, 6.45) is 0.477. The van der Waals surface area contributed by atoms with Crippen molar-refractivity contribution in [3.05, 3.63) is 0 Å². The number of alkyl halides is 1. The van der Waals surface area contributed by atoms with Gasteiger partial charge in [-0.1, -0.05) is 0 Å². The Labute approximate surface area is 129 Å². The fourth-order valence-electron chi connectivity index (χ4n) is 2.52. The van der Waals surface area contributed by atoms with E-state index in [1.165, 1.54) is 0 Å². The van der Waals surface area contributed by atoms with Crippen LogP contribution in [0.15, 0.2) is 0 Å². The second kappa shape index (κ2) is 5.26. The van der Waals surface area contributed by atoms with Crippen molar-refractivity contribution >= 4 is 48.6 Å². The first kappa shape index (κ1) is 16.3. The maximum Gasteiger partial charge on any atom is 0.167 e. The van der Waals surface area contributed by atoms with Gasteiger partial charge in [-0.15, -0.1) is 11.6 Å². The van der Waals surface area contributed by atoms with Gasteiger partial charge in [-0.05, 0) is 25.6 Å². The molecule has 0 aromatic carbocycles. The molecule has 2 fully saturated rings. The molecule has 0 aromatic heterocycles. The lowest BCUT2D eigenvalue weighted by Gasteiger charge is -2.27. The minimum absolute atomic E-state index is 0.0229. The minimum Gasteiger partial charge on any atom is -0.357 e. The molecule has 20 heavy (non-hydrogen) atoms. The Hall–Kier alpha value is -0.120. The molecular formula is C10H17ClN2O4S3. The van der Waals surface area contributed by atoms with Gasteiger partial charge in [-0.2, -0.15) is 0 Å². The Morgan fingerprint density at radius 1 is 1.25 bits per heavy atom. The Balaban J connectivity index is 1.94. The third-order valence-electron chi connectivity index (χ3n) is 3.52. The normalized spacial score (nSPS) is 38.5. The van der Waals surface area contributed by atoms with E-state index in [1.807, 2.05) is 0 Å². The Bertz CT molecular complexity index is 618. The monoisotopic (exact) mass is 360 g/mol. The topological polar surface area (TPSA) is 92.3 Å². The van der Waals surface area contributed by atoms with E-state index in [2.05, 4.69) is 10.6 Å². The van der Waals surface area contributed by atoms with Crippen LogP contribution in [0.25, 0.3) is 0 Å². The Morgan fingerprint density at radius 2 is 1.90 bits per heavy atom. The van der Waals surface area contributed by atoms with Crippen molar-refractivity contribution in [1.29, 1.82) is 0 Å². The largest absolute Gasteiger partial charge is 0.357 e. The molecular weight excluding hydrogens is 344 g/mol. The SMILES string of the molecule is CC1(NC(=S)NC2CS(=O)(=O)CC2Cl)CCS(=O)(=O)C1. The molecule has 10 heteroatoms. The molecule has 0 spiro atoms. The van der Waals surface area contributed by atoms with E-state index in [1.54, 1.807) is 6.92 Å². The van der Waals surface area contributed by atoms with E-state index in [0.717, 1.165) is 0 Å². The molecule has 2 rings (SSSR count). The third-order valence-corrected chi connectivity index (χ3v) is 8.02. The standard InChI is InChI=1S/C10H17ClN2O4S3/c1-10(2-3-19(14,15)6-10)13-9(18)12-8-5-20(16,17)4-7(8)11/h7-8H,2-6H2,1H3,(H2,12,13,18). The summed E-state index contributed by atoms with van der Waals surface area (Å²) >= 11 is 11.1.